The average molecular weight is 393 g/mol. The Balaban J connectivity index is 1.56. The molecule has 2 saturated heterocycles. The molecule has 3 rings (SSSR count). The number of ether oxygens (including phenoxy) is 2. The fourth-order valence-electron chi connectivity index (χ4n) is 3.86. The molecule has 0 radical (unpaired) electrons. The zero-order valence-corrected chi connectivity index (χ0v) is 16.4. The highest BCUT2D eigenvalue weighted by Crippen LogP contribution is 2.30. The van der Waals surface area contributed by atoms with E-state index in [2.05, 4.69) is 15.5 Å². The molecule has 1 aromatic rings. The minimum atomic E-state index is -0.520. The number of methoxy groups -OCH3 is 2. The van der Waals surface area contributed by atoms with Crippen LogP contribution in [0.2, 0.25) is 0 Å². The summed E-state index contributed by atoms with van der Waals surface area (Å²) in [5.74, 6) is -0.455. The molecule has 2 fully saturated rings. The van der Waals surface area contributed by atoms with Gasteiger partial charge < -0.3 is 19.7 Å². The molecule has 1 aromatic carbocycles. The van der Waals surface area contributed by atoms with E-state index in [1.54, 1.807) is 26.4 Å². The third-order valence-corrected chi connectivity index (χ3v) is 5.53. The molecule has 1 unspecified atom stereocenters. The molecule has 0 aromatic heterocycles. The van der Waals surface area contributed by atoms with E-state index in [1.165, 1.54) is 6.07 Å². The van der Waals surface area contributed by atoms with Crippen molar-refractivity contribution in [2.45, 2.75) is 44.4 Å². The molecule has 2 amide bonds. The van der Waals surface area contributed by atoms with E-state index in [-0.39, 0.29) is 30.3 Å². The third kappa shape index (κ3) is 4.99. The summed E-state index contributed by atoms with van der Waals surface area (Å²) in [5, 5.41) is 5.31. The van der Waals surface area contributed by atoms with Crippen LogP contribution < -0.4 is 15.5 Å². The smallest absolute Gasteiger partial charge is 0.249 e. The standard InChI is InChI=1S/C20H28FN3O4/c1-27-19(28-2)11-13-7-9-24(10-8-13)17-5-3-14(12-15(17)21)22-16-4-6-18(25)23-20(16)26/h3,5,12-13,16,19,22H,4,6-11H2,1-2H3,(H,23,25,26). The lowest BCUT2D eigenvalue weighted by atomic mass is 9.93. The van der Waals surface area contributed by atoms with Gasteiger partial charge >= 0.3 is 0 Å². The third-order valence-electron chi connectivity index (χ3n) is 5.53. The van der Waals surface area contributed by atoms with E-state index in [0.717, 1.165) is 32.4 Å². The van der Waals surface area contributed by atoms with Gasteiger partial charge in [0.05, 0.1) is 5.69 Å². The van der Waals surface area contributed by atoms with Crippen molar-refractivity contribution in [3.05, 3.63) is 24.0 Å². The number of hydrogen-bond donors (Lipinski definition) is 2. The number of anilines is 2. The zero-order chi connectivity index (χ0) is 20.1. The van der Waals surface area contributed by atoms with E-state index in [1.807, 2.05) is 0 Å². The number of rotatable bonds is 7. The van der Waals surface area contributed by atoms with Gasteiger partial charge in [-0.2, -0.15) is 0 Å². The highest BCUT2D eigenvalue weighted by molar-refractivity contribution is 6.01. The number of hydrogen-bond acceptors (Lipinski definition) is 6. The highest BCUT2D eigenvalue weighted by atomic mass is 19.1. The van der Waals surface area contributed by atoms with Crippen molar-refractivity contribution in [3.63, 3.8) is 0 Å². The van der Waals surface area contributed by atoms with Crippen LogP contribution >= 0.6 is 0 Å². The van der Waals surface area contributed by atoms with Crippen molar-refractivity contribution >= 4 is 23.2 Å². The second-order valence-corrected chi connectivity index (χ2v) is 7.38. The van der Waals surface area contributed by atoms with Gasteiger partial charge in [-0.15, -0.1) is 0 Å². The first-order valence-electron chi connectivity index (χ1n) is 9.70. The molecule has 2 heterocycles. The maximum absolute atomic E-state index is 14.7. The molecular weight excluding hydrogens is 365 g/mol. The molecular formula is C20H28FN3O4. The fourth-order valence-corrected chi connectivity index (χ4v) is 3.86. The second kappa shape index (κ2) is 9.34. The molecule has 2 aliphatic rings. The molecule has 0 bridgehead atoms. The molecule has 1 atom stereocenters. The van der Waals surface area contributed by atoms with Crippen LogP contribution in [0.4, 0.5) is 15.8 Å². The summed E-state index contributed by atoms with van der Waals surface area (Å²) < 4.78 is 25.2. The lowest BCUT2D eigenvalue weighted by Crippen LogP contribution is -2.47. The van der Waals surface area contributed by atoms with Crippen molar-refractivity contribution in [1.82, 2.24) is 5.32 Å². The Morgan fingerprint density at radius 1 is 1.21 bits per heavy atom. The summed E-state index contributed by atoms with van der Waals surface area (Å²) in [6, 6.07) is 4.42. The first kappa shape index (κ1) is 20.5. The van der Waals surface area contributed by atoms with Crippen LogP contribution in [-0.4, -0.2) is 51.5 Å². The van der Waals surface area contributed by atoms with Crippen molar-refractivity contribution in [2.75, 3.05) is 37.5 Å². The first-order valence-corrected chi connectivity index (χ1v) is 9.70. The number of carbonyl (C=O) groups excluding carboxylic acids is 2. The molecule has 8 heteroatoms. The maximum Gasteiger partial charge on any atom is 0.249 e. The molecule has 0 aliphatic carbocycles. The van der Waals surface area contributed by atoms with Gasteiger partial charge in [-0.25, -0.2) is 4.39 Å². The number of halogens is 1. The molecule has 0 saturated carbocycles. The molecule has 2 N–H and O–H groups in total. The zero-order valence-electron chi connectivity index (χ0n) is 16.4. The fraction of sp³-hybridized carbons (Fsp3) is 0.600. The molecule has 28 heavy (non-hydrogen) atoms. The van der Waals surface area contributed by atoms with Gasteiger partial charge in [0.25, 0.3) is 0 Å². The predicted molar refractivity (Wildman–Crippen MR) is 104 cm³/mol. The highest BCUT2D eigenvalue weighted by Gasteiger charge is 2.27. The number of imide groups is 1. The molecule has 2 aliphatic heterocycles. The van der Waals surface area contributed by atoms with Gasteiger partial charge in [0.15, 0.2) is 6.29 Å². The number of amides is 2. The van der Waals surface area contributed by atoms with Crippen molar-refractivity contribution < 1.29 is 23.5 Å². The molecule has 7 nitrogen and oxygen atoms in total. The maximum atomic E-state index is 14.7. The van der Waals surface area contributed by atoms with Gasteiger partial charge in [0, 0.05) is 45.8 Å². The van der Waals surface area contributed by atoms with Crippen LogP contribution in [0.1, 0.15) is 32.1 Å². The number of nitrogens with one attached hydrogen (secondary N) is 2. The summed E-state index contributed by atoms with van der Waals surface area (Å²) in [6.07, 6.45) is 3.26. The lowest BCUT2D eigenvalue weighted by molar-refractivity contribution is -0.133. The largest absolute Gasteiger partial charge is 0.374 e. The van der Waals surface area contributed by atoms with Crippen molar-refractivity contribution in [1.29, 1.82) is 0 Å². The average Bonchev–Trinajstić information content (AvgIpc) is 2.69. The van der Waals surface area contributed by atoms with Gasteiger partial charge in [-0.05, 0) is 43.4 Å². The topological polar surface area (TPSA) is 79.9 Å². The second-order valence-electron chi connectivity index (χ2n) is 7.38. The summed E-state index contributed by atoms with van der Waals surface area (Å²) in [7, 11) is 3.28. The summed E-state index contributed by atoms with van der Waals surface area (Å²) in [6.45, 7) is 1.56. The van der Waals surface area contributed by atoms with E-state index < -0.39 is 6.04 Å². The molecule has 0 spiro atoms. The van der Waals surface area contributed by atoms with Crippen LogP contribution in [0.5, 0.6) is 0 Å². The Morgan fingerprint density at radius 2 is 1.93 bits per heavy atom. The van der Waals surface area contributed by atoms with E-state index in [4.69, 9.17) is 9.47 Å². The Morgan fingerprint density at radius 3 is 2.54 bits per heavy atom. The van der Waals surface area contributed by atoms with Crippen LogP contribution in [-0.2, 0) is 19.1 Å². The summed E-state index contributed by atoms with van der Waals surface area (Å²) in [4.78, 5) is 25.1. The number of carbonyl (C=O) groups is 2. The van der Waals surface area contributed by atoms with Crippen molar-refractivity contribution in [3.8, 4) is 0 Å². The SMILES string of the molecule is COC(CC1CCN(c2ccc(NC3CCC(=O)NC3=O)cc2F)CC1)OC. The Bertz CT molecular complexity index is 703. The first-order chi connectivity index (χ1) is 13.5. The Kier molecular flexibility index (Phi) is 6.85. The predicted octanol–water partition coefficient (Wildman–Crippen LogP) is 2.27. The van der Waals surface area contributed by atoms with Crippen LogP contribution in [0.15, 0.2) is 18.2 Å². The van der Waals surface area contributed by atoms with Gasteiger partial charge in [-0.1, -0.05) is 0 Å². The van der Waals surface area contributed by atoms with Crippen molar-refractivity contribution in [2.24, 2.45) is 5.92 Å². The van der Waals surface area contributed by atoms with Crippen LogP contribution in [0.3, 0.4) is 0 Å². The normalized spacial score (nSPS) is 21.1. The van der Waals surface area contributed by atoms with Gasteiger partial charge in [-0.3, -0.25) is 14.9 Å². The number of piperidine rings is 2. The number of benzene rings is 1. The van der Waals surface area contributed by atoms with Gasteiger partial charge in [0.2, 0.25) is 11.8 Å². The van der Waals surface area contributed by atoms with Gasteiger partial charge in [0.1, 0.15) is 11.9 Å². The van der Waals surface area contributed by atoms with E-state index in [0.29, 0.717) is 23.7 Å². The minimum Gasteiger partial charge on any atom is -0.374 e. The molecule has 154 valence electrons. The Hall–Kier alpha value is -2.19. The minimum absolute atomic E-state index is 0.189. The summed E-state index contributed by atoms with van der Waals surface area (Å²) in [5.41, 5.74) is 1.11. The Labute approximate surface area is 164 Å². The lowest BCUT2D eigenvalue weighted by Gasteiger charge is -2.35. The monoisotopic (exact) mass is 393 g/mol. The van der Waals surface area contributed by atoms with E-state index >= 15 is 0 Å². The van der Waals surface area contributed by atoms with Crippen LogP contribution in [0.25, 0.3) is 0 Å². The summed E-state index contributed by atoms with van der Waals surface area (Å²) >= 11 is 0. The number of nitrogens with zero attached hydrogens (tertiary/aromatic N) is 1. The van der Waals surface area contributed by atoms with Crippen LogP contribution in [0, 0.1) is 11.7 Å². The quantitative estimate of drug-likeness (QED) is 0.547. The van der Waals surface area contributed by atoms with E-state index in [9.17, 15) is 14.0 Å².